The molecule has 0 heterocycles. The lowest BCUT2D eigenvalue weighted by Crippen LogP contribution is -2.42. The normalized spacial score (nSPS) is 15.1. The first-order valence-electron chi connectivity index (χ1n) is 6.95. The average Bonchev–Trinajstić information content (AvgIpc) is 2.92. The van der Waals surface area contributed by atoms with Crippen molar-refractivity contribution in [1.82, 2.24) is 10.9 Å². The molecular formula is C15H19ClN2O2. The molecule has 0 bridgehead atoms. The Morgan fingerprint density at radius 3 is 2.30 bits per heavy atom. The van der Waals surface area contributed by atoms with Gasteiger partial charge in [0.25, 0.3) is 0 Å². The summed E-state index contributed by atoms with van der Waals surface area (Å²) in [5.74, 6) is 0.136. The summed E-state index contributed by atoms with van der Waals surface area (Å²) in [4.78, 5) is 23.3. The molecule has 20 heavy (non-hydrogen) atoms. The van der Waals surface area contributed by atoms with E-state index in [0.717, 1.165) is 18.4 Å². The third-order valence-corrected chi connectivity index (χ3v) is 3.82. The summed E-state index contributed by atoms with van der Waals surface area (Å²) in [6, 6.07) is 7.07. The lowest BCUT2D eigenvalue weighted by atomic mass is 10.0. The maximum Gasteiger partial charge on any atom is 0.242 e. The van der Waals surface area contributed by atoms with Crippen LogP contribution in [0.15, 0.2) is 24.3 Å². The molecule has 2 amide bonds. The van der Waals surface area contributed by atoms with Gasteiger partial charge in [-0.1, -0.05) is 36.6 Å². The average molecular weight is 295 g/mol. The van der Waals surface area contributed by atoms with Gasteiger partial charge in [0.05, 0.1) is 6.42 Å². The van der Waals surface area contributed by atoms with Crippen LogP contribution in [-0.2, 0) is 16.0 Å². The Kier molecular flexibility index (Phi) is 5.41. The number of hydrazine groups is 1. The molecule has 1 aliphatic rings. The maximum absolute atomic E-state index is 11.7. The van der Waals surface area contributed by atoms with E-state index in [0.29, 0.717) is 17.4 Å². The Labute approximate surface area is 123 Å². The molecule has 0 aliphatic heterocycles. The highest BCUT2D eigenvalue weighted by atomic mass is 35.5. The maximum atomic E-state index is 11.7. The van der Waals surface area contributed by atoms with Crippen molar-refractivity contribution in [3.8, 4) is 0 Å². The lowest BCUT2D eigenvalue weighted by Gasteiger charge is -2.10. The van der Waals surface area contributed by atoms with E-state index in [1.54, 1.807) is 24.3 Å². The molecule has 5 heteroatoms. The van der Waals surface area contributed by atoms with Crippen LogP contribution in [0.4, 0.5) is 0 Å². The quantitative estimate of drug-likeness (QED) is 0.839. The zero-order valence-electron chi connectivity index (χ0n) is 11.3. The zero-order valence-corrected chi connectivity index (χ0v) is 12.1. The number of hydrogen-bond acceptors (Lipinski definition) is 2. The highest BCUT2D eigenvalue weighted by Gasteiger charge is 2.18. The van der Waals surface area contributed by atoms with Gasteiger partial charge in [-0.25, -0.2) is 0 Å². The van der Waals surface area contributed by atoms with Gasteiger partial charge in [0.2, 0.25) is 11.8 Å². The Morgan fingerprint density at radius 1 is 1.05 bits per heavy atom. The van der Waals surface area contributed by atoms with Crippen LogP contribution in [0.2, 0.25) is 5.02 Å². The molecule has 1 fully saturated rings. The highest BCUT2D eigenvalue weighted by Crippen LogP contribution is 2.27. The van der Waals surface area contributed by atoms with E-state index in [2.05, 4.69) is 10.9 Å². The molecule has 0 spiro atoms. The van der Waals surface area contributed by atoms with E-state index in [9.17, 15) is 9.59 Å². The van der Waals surface area contributed by atoms with E-state index in [4.69, 9.17) is 11.6 Å². The Hall–Kier alpha value is -1.55. The number of hydrogen-bond donors (Lipinski definition) is 2. The molecule has 4 nitrogen and oxygen atoms in total. The van der Waals surface area contributed by atoms with Gasteiger partial charge < -0.3 is 0 Å². The second-order valence-corrected chi connectivity index (χ2v) is 5.69. The van der Waals surface area contributed by atoms with Crippen LogP contribution in [-0.4, -0.2) is 11.8 Å². The number of carbonyl (C=O) groups excluding carboxylic acids is 2. The van der Waals surface area contributed by atoms with E-state index in [1.807, 2.05) is 0 Å². The van der Waals surface area contributed by atoms with Crippen LogP contribution >= 0.6 is 11.6 Å². The van der Waals surface area contributed by atoms with Gasteiger partial charge in [-0.3, -0.25) is 20.4 Å². The predicted molar refractivity (Wildman–Crippen MR) is 78.0 cm³/mol. The van der Waals surface area contributed by atoms with Gasteiger partial charge in [0.1, 0.15) is 0 Å². The predicted octanol–water partition coefficient (Wildman–Crippen LogP) is 2.61. The van der Waals surface area contributed by atoms with Crippen LogP contribution < -0.4 is 10.9 Å². The van der Waals surface area contributed by atoms with E-state index >= 15 is 0 Å². The first-order valence-corrected chi connectivity index (χ1v) is 7.33. The number of rotatable bonds is 4. The molecule has 0 atom stereocenters. The van der Waals surface area contributed by atoms with E-state index < -0.39 is 0 Å². The van der Waals surface area contributed by atoms with Gasteiger partial charge in [-0.2, -0.15) is 0 Å². The van der Waals surface area contributed by atoms with E-state index in [-0.39, 0.29) is 18.2 Å². The Balaban J connectivity index is 1.69. The van der Waals surface area contributed by atoms with Gasteiger partial charge in [-0.15, -0.1) is 0 Å². The standard InChI is InChI=1S/C15H19ClN2O2/c16-13-7-5-12(6-8-13)10-15(20)18-17-14(19)9-11-3-1-2-4-11/h5-8,11H,1-4,9-10H2,(H,17,19)(H,18,20). The van der Waals surface area contributed by atoms with Gasteiger partial charge in [0.15, 0.2) is 0 Å². The van der Waals surface area contributed by atoms with Crippen molar-refractivity contribution in [3.63, 3.8) is 0 Å². The Bertz CT molecular complexity index is 467. The SMILES string of the molecule is O=C(Cc1ccc(Cl)cc1)NNC(=O)CC1CCCC1. The molecule has 1 aromatic carbocycles. The lowest BCUT2D eigenvalue weighted by molar-refractivity contribution is -0.129. The highest BCUT2D eigenvalue weighted by molar-refractivity contribution is 6.30. The molecule has 0 saturated heterocycles. The van der Waals surface area contributed by atoms with Gasteiger partial charge in [0, 0.05) is 11.4 Å². The molecule has 0 radical (unpaired) electrons. The number of benzene rings is 1. The third kappa shape index (κ3) is 4.85. The molecule has 1 aromatic rings. The summed E-state index contributed by atoms with van der Waals surface area (Å²) < 4.78 is 0. The van der Waals surface area contributed by atoms with E-state index in [1.165, 1.54) is 12.8 Å². The second kappa shape index (κ2) is 7.29. The number of carbonyl (C=O) groups is 2. The molecule has 2 rings (SSSR count). The van der Waals surface area contributed by atoms with Crippen LogP contribution in [0, 0.1) is 5.92 Å². The monoisotopic (exact) mass is 294 g/mol. The molecule has 0 aromatic heterocycles. The van der Waals surface area contributed by atoms with Crippen molar-refractivity contribution in [3.05, 3.63) is 34.9 Å². The smallest absolute Gasteiger partial charge is 0.242 e. The van der Waals surface area contributed by atoms with Crippen LogP contribution in [0.1, 0.15) is 37.7 Å². The topological polar surface area (TPSA) is 58.2 Å². The van der Waals surface area contributed by atoms with Crippen molar-refractivity contribution < 1.29 is 9.59 Å². The summed E-state index contributed by atoms with van der Waals surface area (Å²) in [5, 5.41) is 0.638. The summed E-state index contributed by atoms with van der Waals surface area (Å²) in [6.07, 6.45) is 5.38. The first kappa shape index (κ1) is 14.9. The Morgan fingerprint density at radius 2 is 1.65 bits per heavy atom. The van der Waals surface area contributed by atoms with Gasteiger partial charge >= 0.3 is 0 Å². The van der Waals surface area contributed by atoms with Crippen LogP contribution in [0.3, 0.4) is 0 Å². The fourth-order valence-electron chi connectivity index (χ4n) is 2.50. The third-order valence-electron chi connectivity index (χ3n) is 3.57. The molecule has 1 aliphatic carbocycles. The fourth-order valence-corrected chi connectivity index (χ4v) is 2.62. The van der Waals surface area contributed by atoms with Crippen molar-refractivity contribution in [1.29, 1.82) is 0 Å². The minimum Gasteiger partial charge on any atom is -0.273 e. The number of nitrogens with one attached hydrogen (secondary N) is 2. The van der Waals surface area contributed by atoms with Crippen LogP contribution in [0.5, 0.6) is 0 Å². The van der Waals surface area contributed by atoms with Crippen LogP contribution in [0.25, 0.3) is 0 Å². The van der Waals surface area contributed by atoms with Crippen molar-refractivity contribution in [2.24, 2.45) is 5.92 Å². The molecule has 108 valence electrons. The number of halogens is 1. The molecular weight excluding hydrogens is 276 g/mol. The van der Waals surface area contributed by atoms with Gasteiger partial charge in [-0.05, 0) is 36.5 Å². The largest absolute Gasteiger partial charge is 0.273 e. The first-order chi connectivity index (χ1) is 9.63. The summed E-state index contributed by atoms with van der Waals surface area (Å²) >= 11 is 5.77. The molecule has 2 N–H and O–H groups in total. The summed E-state index contributed by atoms with van der Waals surface area (Å²) in [5.41, 5.74) is 5.78. The second-order valence-electron chi connectivity index (χ2n) is 5.25. The number of amides is 2. The minimum atomic E-state index is -0.230. The summed E-state index contributed by atoms with van der Waals surface area (Å²) in [6.45, 7) is 0. The minimum absolute atomic E-state index is 0.110. The molecule has 1 saturated carbocycles. The van der Waals surface area contributed by atoms with Crippen molar-refractivity contribution in [2.45, 2.75) is 38.5 Å². The molecule has 0 unspecified atom stereocenters. The van der Waals surface area contributed by atoms with Crippen molar-refractivity contribution in [2.75, 3.05) is 0 Å². The zero-order chi connectivity index (χ0) is 14.4. The fraction of sp³-hybridized carbons (Fsp3) is 0.467. The van der Waals surface area contributed by atoms with Crippen molar-refractivity contribution >= 4 is 23.4 Å². The summed E-state index contributed by atoms with van der Waals surface area (Å²) in [7, 11) is 0.